The molecule has 1 saturated heterocycles. The molecule has 4 amide bonds. The van der Waals surface area contributed by atoms with E-state index in [9.17, 15) is 28.0 Å². The minimum Gasteiger partial charge on any atom is -0.489 e. The zero-order chi connectivity index (χ0) is 51.5. The lowest BCUT2D eigenvalue weighted by Crippen LogP contribution is -2.50. The summed E-state index contributed by atoms with van der Waals surface area (Å²) < 4.78 is 48.7. The maximum Gasteiger partial charge on any atom is 0.342 e. The van der Waals surface area contributed by atoms with Gasteiger partial charge in [-0.1, -0.05) is 66.3 Å². The van der Waals surface area contributed by atoms with Gasteiger partial charge >= 0.3 is 6.03 Å². The van der Waals surface area contributed by atoms with Crippen LogP contribution < -0.4 is 29.9 Å². The van der Waals surface area contributed by atoms with E-state index in [1.54, 1.807) is 75.0 Å². The van der Waals surface area contributed by atoms with Gasteiger partial charge in [0.25, 0.3) is 17.7 Å². The summed E-state index contributed by atoms with van der Waals surface area (Å²) in [6, 6.07) is 28.8. The minimum absolute atomic E-state index is 0.0982. The summed E-state index contributed by atoms with van der Waals surface area (Å²) in [5.74, 6) is 11.0. The molecule has 0 spiro atoms. The molecular weight excluding hydrogens is 949 g/mol. The summed E-state index contributed by atoms with van der Waals surface area (Å²) in [6.07, 6.45) is 4.91. The summed E-state index contributed by atoms with van der Waals surface area (Å²) in [5, 5.41) is 13.6. The molecule has 0 bridgehead atoms. The summed E-state index contributed by atoms with van der Waals surface area (Å²) in [5.41, 5.74) is 5.01. The van der Waals surface area contributed by atoms with Crippen molar-refractivity contribution in [2.45, 2.75) is 44.5 Å². The standard InChI is InChI=1S/C56H47F2N9O7/c1-56(23-22-37-16-21-49-47(26-37)65(3)54(70)45(33-73-49)62-55(71)67-30-39(28-59-67)24-35-12-17-40(57)18-13-35)34-74-50(56)27-42-11-7-10-41(60-42)19-14-36-15-20-48-46(25-36)64(2)53(69)44(32-72-48)61-52(68)51-43(58)31-66(63-51)29-38-8-5-4-6-9-38/h4-13,15-18,20-21,25-26,28,30-31,44-45,50H,24,27,29,32-34H2,1-3H3,(H,61,68)(H,62,71)/t44-,45-,50?,56?/m1/s1. The number of likely N-dealkylation sites (N-methyl/N-ethyl adjacent to an activating group) is 2. The highest BCUT2D eigenvalue weighted by molar-refractivity contribution is 6.03. The lowest BCUT2D eigenvalue weighted by molar-refractivity contribution is -0.144. The van der Waals surface area contributed by atoms with E-state index in [1.807, 2.05) is 55.5 Å². The van der Waals surface area contributed by atoms with Crippen molar-refractivity contribution >= 4 is 35.1 Å². The third kappa shape index (κ3) is 10.6. The Labute approximate surface area is 424 Å². The van der Waals surface area contributed by atoms with Crippen LogP contribution in [0.15, 0.2) is 128 Å². The molecule has 16 nitrogen and oxygen atoms in total. The number of aromatic nitrogens is 5. The number of halogens is 2. The van der Waals surface area contributed by atoms with Crippen molar-refractivity contribution in [1.29, 1.82) is 0 Å². The van der Waals surface area contributed by atoms with Crippen molar-refractivity contribution in [3.8, 4) is 35.2 Å². The van der Waals surface area contributed by atoms with E-state index in [2.05, 4.69) is 44.5 Å². The SMILES string of the molecule is CN1C(=O)[C@H](NC(=O)c2nn(Cc3ccccc3)cc2F)COc2ccc(C#Cc3cccc(CC4OCC4(C)C#Cc4ccc5c(c4)N(C)C(=O)[C@H](NC(=O)n4cc(Cc6ccc(F)cc6)cn4)CO5)n3)cc21. The molecule has 2 N–H and O–H groups in total. The third-order valence-corrected chi connectivity index (χ3v) is 12.9. The molecule has 2 unspecified atom stereocenters. The van der Waals surface area contributed by atoms with Crippen molar-refractivity contribution in [2.75, 3.05) is 43.7 Å². The van der Waals surface area contributed by atoms with Crippen LogP contribution in [0, 0.1) is 40.7 Å². The number of fused-ring (bicyclic) bond motifs is 2. The van der Waals surface area contributed by atoms with Gasteiger partial charge in [0.1, 0.15) is 48.3 Å². The van der Waals surface area contributed by atoms with E-state index < -0.39 is 46.9 Å². The average Bonchev–Trinajstić information content (AvgIpc) is 3.99. The molecule has 3 aliphatic heterocycles. The Kier molecular flexibility index (Phi) is 13.5. The molecule has 7 aromatic rings. The number of nitrogens with one attached hydrogen (secondary N) is 2. The van der Waals surface area contributed by atoms with Crippen LogP contribution in [0.5, 0.6) is 11.5 Å². The van der Waals surface area contributed by atoms with Crippen LogP contribution in [0.3, 0.4) is 0 Å². The monoisotopic (exact) mass is 995 g/mol. The van der Waals surface area contributed by atoms with Gasteiger partial charge < -0.3 is 34.6 Å². The number of hydrogen-bond acceptors (Lipinski definition) is 10. The van der Waals surface area contributed by atoms with E-state index in [0.717, 1.165) is 33.3 Å². The number of carbonyl (C=O) groups excluding carboxylic acids is 4. The zero-order valence-corrected chi connectivity index (χ0v) is 40.3. The fraction of sp³-hybridized carbons (Fsp3) is 0.232. The number of nitrogens with zero attached hydrogens (tertiary/aromatic N) is 7. The highest BCUT2D eigenvalue weighted by Gasteiger charge is 2.43. The smallest absolute Gasteiger partial charge is 0.342 e. The normalized spacial score (nSPS) is 18.9. The predicted molar refractivity (Wildman–Crippen MR) is 267 cm³/mol. The van der Waals surface area contributed by atoms with Crippen LogP contribution in [-0.4, -0.2) is 100 Å². The Hall–Kier alpha value is -9.13. The molecule has 18 heteroatoms. The van der Waals surface area contributed by atoms with Crippen LogP contribution in [0.2, 0.25) is 0 Å². The van der Waals surface area contributed by atoms with Gasteiger partial charge in [-0.3, -0.25) is 19.1 Å². The maximum absolute atomic E-state index is 14.9. The zero-order valence-electron chi connectivity index (χ0n) is 40.3. The maximum atomic E-state index is 14.9. The molecule has 0 radical (unpaired) electrons. The summed E-state index contributed by atoms with van der Waals surface area (Å²) in [7, 11) is 3.18. The lowest BCUT2D eigenvalue weighted by Gasteiger charge is -2.43. The second-order valence-electron chi connectivity index (χ2n) is 18.4. The molecule has 4 atom stereocenters. The highest BCUT2D eigenvalue weighted by atomic mass is 19.1. The molecule has 3 aliphatic rings. The minimum atomic E-state index is -1.12. The first-order valence-corrected chi connectivity index (χ1v) is 23.6. The molecule has 10 rings (SSSR count). The van der Waals surface area contributed by atoms with Gasteiger partial charge in [0.05, 0.1) is 48.4 Å². The molecule has 3 aromatic heterocycles. The van der Waals surface area contributed by atoms with Crippen LogP contribution in [0.1, 0.15) is 56.6 Å². The Morgan fingerprint density at radius 2 is 1.43 bits per heavy atom. The Balaban J connectivity index is 0.743. The fourth-order valence-electron chi connectivity index (χ4n) is 8.66. The van der Waals surface area contributed by atoms with E-state index in [1.165, 1.54) is 26.6 Å². The third-order valence-electron chi connectivity index (χ3n) is 12.9. The molecule has 0 aliphatic carbocycles. The van der Waals surface area contributed by atoms with Gasteiger partial charge in [-0.25, -0.2) is 18.6 Å². The van der Waals surface area contributed by atoms with E-state index in [0.29, 0.717) is 59.1 Å². The van der Waals surface area contributed by atoms with Crippen molar-refractivity contribution in [3.05, 3.63) is 184 Å². The molecule has 6 heterocycles. The number of pyridine rings is 1. The molecule has 1 fully saturated rings. The number of hydrogen-bond donors (Lipinski definition) is 2. The van der Waals surface area contributed by atoms with Gasteiger partial charge in [0.15, 0.2) is 11.5 Å². The van der Waals surface area contributed by atoms with Crippen LogP contribution in [0.4, 0.5) is 25.0 Å². The van der Waals surface area contributed by atoms with Crippen LogP contribution >= 0.6 is 0 Å². The van der Waals surface area contributed by atoms with Gasteiger partial charge in [-0.05, 0) is 90.2 Å². The predicted octanol–water partition coefficient (Wildman–Crippen LogP) is 5.93. The first-order valence-electron chi connectivity index (χ1n) is 23.6. The average molecular weight is 996 g/mol. The quantitative estimate of drug-likeness (QED) is 0.165. The van der Waals surface area contributed by atoms with Crippen molar-refractivity contribution < 1.29 is 42.2 Å². The number of carbonyl (C=O) groups is 4. The Bertz CT molecular complexity index is 3450. The summed E-state index contributed by atoms with van der Waals surface area (Å²) in [4.78, 5) is 61.2. The Morgan fingerprint density at radius 3 is 2.11 bits per heavy atom. The first-order chi connectivity index (χ1) is 35.7. The largest absolute Gasteiger partial charge is 0.489 e. The molecule has 0 saturated carbocycles. The van der Waals surface area contributed by atoms with Gasteiger partial charge in [-0.15, -0.1) is 0 Å². The van der Waals surface area contributed by atoms with Gasteiger partial charge in [0.2, 0.25) is 0 Å². The molecular formula is C56H47F2N9O7. The fourth-order valence-corrected chi connectivity index (χ4v) is 8.66. The number of anilines is 2. The summed E-state index contributed by atoms with van der Waals surface area (Å²) in [6.45, 7) is 2.42. The second kappa shape index (κ2) is 20.5. The number of benzene rings is 4. The summed E-state index contributed by atoms with van der Waals surface area (Å²) >= 11 is 0. The van der Waals surface area contributed by atoms with E-state index in [4.69, 9.17) is 19.2 Å². The number of amides is 4. The van der Waals surface area contributed by atoms with Crippen molar-refractivity contribution in [1.82, 2.24) is 35.2 Å². The number of ether oxygens (including phenoxy) is 3. The molecule has 4 aromatic carbocycles. The van der Waals surface area contributed by atoms with Crippen LogP contribution in [-0.2, 0) is 33.7 Å². The van der Waals surface area contributed by atoms with Crippen molar-refractivity contribution in [2.24, 2.45) is 5.41 Å². The Morgan fingerprint density at radius 1 is 0.757 bits per heavy atom. The molecule has 372 valence electrons. The second-order valence-corrected chi connectivity index (χ2v) is 18.4. The van der Waals surface area contributed by atoms with E-state index >= 15 is 0 Å². The number of rotatable bonds is 9. The van der Waals surface area contributed by atoms with Crippen molar-refractivity contribution in [3.63, 3.8) is 0 Å². The van der Waals surface area contributed by atoms with Gasteiger partial charge in [-0.2, -0.15) is 14.9 Å². The van der Waals surface area contributed by atoms with E-state index in [-0.39, 0.29) is 37.6 Å². The molecule has 74 heavy (non-hydrogen) atoms. The topological polar surface area (TPSA) is 175 Å². The highest BCUT2D eigenvalue weighted by Crippen LogP contribution is 2.37. The van der Waals surface area contributed by atoms with Gasteiger partial charge in [0, 0.05) is 50.0 Å². The van der Waals surface area contributed by atoms with Crippen LogP contribution in [0.25, 0.3) is 0 Å². The lowest BCUT2D eigenvalue weighted by atomic mass is 9.78. The first kappa shape index (κ1) is 48.5.